The fourth-order valence-electron chi connectivity index (χ4n) is 3.00. The summed E-state index contributed by atoms with van der Waals surface area (Å²) in [4.78, 5) is 21.6. The summed E-state index contributed by atoms with van der Waals surface area (Å²) in [7, 11) is 0. The Morgan fingerprint density at radius 1 is 1.00 bits per heavy atom. The molecule has 0 bridgehead atoms. The average Bonchev–Trinajstić information content (AvgIpc) is 3.23. The molecule has 0 saturated carbocycles. The van der Waals surface area contributed by atoms with Crippen LogP contribution in [-0.2, 0) is 0 Å². The van der Waals surface area contributed by atoms with Gasteiger partial charge in [0.05, 0.1) is 22.6 Å². The van der Waals surface area contributed by atoms with Gasteiger partial charge in [-0.3, -0.25) is 4.31 Å². The van der Waals surface area contributed by atoms with E-state index in [0.29, 0.717) is 17.0 Å². The molecule has 0 radical (unpaired) electrons. The third kappa shape index (κ3) is 2.97. The van der Waals surface area contributed by atoms with Crippen molar-refractivity contribution >= 4 is 40.3 Å². The molecule has 0 aliphatic carbocycles. The molecule has 1 N–H and O–H groups in total. The van der Waals surface area contributed by atoms with Crippen molar-refractivity contribution in [3.05, 3.63) is 67.3 Å². The molecule has 1 atom stereocenters. The van der Waals surface area contributed by atoms with Gasteiger partial charge < -0.3 is 9.72 Å². The van der Waals surface area contributed by atoms with Crippen LogP contribution in [0.3, 0.4) is 0 Å². The summed E-state index contributed by atoms with van der Waals surface area (Å²) in [6.07, 6.45) is 2.69. The molecule has 0 fully saturated rings. The third-order valence-electron chi connectivity index (χ3n) is 4.33. The summed E-state index contributed by atoms with van der Waals surface area (Å²) in [5.41, 5.74) is 3.21. The molecular weight excluding hydrogens is 372 g/mol. The minimum absolute atomic E-state index is 0.345. The monoisotopic (exact) mass is 388 g/mol. The molecule has 0 spiro atoms. The van der Waals surface area contributed by atoms with E-state index in [9.17, 15) is 0 Å². The first-order valence-electron chi connectivity index (χ1n) is 8.81. The number of aliphatic imine (C=N–C) groups is 1. The Kier molecular flexibility index (Phi) is 4.17. The smallest absolute Gasteiger partial charge is 0.243 e. The molecule has 4 aromatic rings. The molecule has 3 heterocycles. The molecule has 1 unspecified atom stereocenters. The highest BCUT2D eigenvalue weighted by Crippen LogP contribution is 2.40. The zero-order chi connectivity index (χ0) is 18.9. The molecule has 138 valence electrons. The SMILES string of the molecule is CC(Oc1ncnc2nc[nH]c12)C1=Nc2ccccc2SN1c1ccccc1. The van der Waals surface area contributed by atoms with E-state index in [4.69, 9.17) is 9.73 Å². The van der Waals surface area contributed by atoms with Crippen LogP contribution in [0.2, 0.25) is 0 Å². The highest BCUT2D eigenvalue weighted by molar-refractivity contribution is 8.01. The minimum atomic E-state index is -0.345. The third-order valence-corrected chi connectivity index (χ3v) is 5.45. The van der Waals surface area contributed by atoms with E-state index in [1.165, 1.54) is 6.33 Å². The van der Waals surface area contributed by atoms with Crippen LogP contribution in [0.15, 0.2) is 77.1 Å². The van der Waals surface area contributed by atoms with Crippen LogP contribution < -0.4 is 9.04 Å². The summed E-state index contributed by atoms with van der Waals surface area (Å²) in [6, 6.07) is 18.2. The fourth-order valence-corrected chi connectivity index (χ4v) is 4.05. The largest absolute Gasteiger partial charge is 0.465 e. The van der Waals surface area contributed by atoms with Gasteiger partial charge in [0.15, 0.2) is 17.6 Å². The number of hydrogen-bond donors (Lipinski definition) is 1. The molecular formula is C20H16N6OS. The second-order valence-electron chi connectivity index (χ2n) is 6.20. The van der Waals surface area contributed by atoms with Gasteiger partial charge in [0.25, 0.3) is 0 Å². The van der Waals surface area contributed by atoms with Crippen LogP contribution in [0.5, 0.6) is 5.88 Å². The molecule has 1 aliphatic rings. The van der Waals surface area contributed by atoms with Gasteiger partial charge in [-0.25, -0.2) is 15.0 Å². The lowest BCUT2D eigenvalue weighted by atomic mass is 10.2. The number of benzene rings is 2. The molecule has 1 aliphatic heterocycles. The Balaban J connectivity index is 1.54. The van der Waals surface area contributed by atoms with Crippen LogP contribution in [0.1, 0.15) is 6.92 Å². The van der Waals surface area contributed by atoms with Crippen molar-refractivity contribution in [3.63, 3.8) is 0 Å². The second-order valence-corrected chi connectivity index (χ2v) is 7.19. The number of fused-ring (bicyclic) bond motifs is 2. The number of rotatable bonds is 4. The van der Waals surface area contributed by atoms with Crippen molar-refractivity contribution < 1.29 is 4.74 Å². The van der Waals surface area contributed by atoms with Crippen molar-refractivity contribution in [2.45, 2.75) is 17.9 Å². The zero-order valence-corrected chi connectivity index (χ0v) is 15.8. The highest BCUT2D eigenvalue weighted by Gasteiger charge is 2.28. The molecule has 2 aromatic heterocycles. The van der Waals surface area contributed by atoms with Crippen LogP contribution in [-0.4, -0.2) is 31.9 Å². The number of ether oxygens (including phenoxy) is 1. The quantitative estimate of drug-likeness (QED) is 0.523. The van der Waals surface area contributed by atoms with Crippen LogP contribution in [0.25, 0.3) is 11.2 Å². The van der Waals surface area contributed by atoms with Gasteiger partial charge in [0, 0.05) is 0 Å². The first kappa shape index (κ1) is 16.8. The Morgan fingerprint density at radius 3 is 2.71 bits per heavy atom. The minimum Gasteiger partial charge on any atom is -0.465 e. The Morgan fingerprint density at radius 2 is 1.82 bits per heavy atom. The van der Waals surface area contributed by atoms with Crippen LogP contribution >= 0.6 is 11.9 Å². The second kappa shape index (κ2) is 6.97. The molecule has 2 aromatic carbocycles. The lowest BCUT2D eigenvalue weighted by Gasteiger charge is -2.31. The first-order chi connectivity index (χ1) is 13.8. The lowest BCUT2D eigenvalue weighted by Crippen LogP contribution is -2.38. The van der Waals surface area contributed by atoms with E-state index in [1.54, 1.807) is 18.3 Å². The summed E-state index contributed by atoms with van der Waals surface area (Å²) >= 11 is 1.63. The maximum Gasteiger partial charge on any atom is 0.243 e. The van der Waals surface area contributed by atoms with Crippen molar-refractivity contribution in [3.8, 4) is 5.88 Å². The first-order valence-corrected chi connectivity index (χ1v) is 9.58. The topological polar surface area (TPSA) is 79.3 Å². The lowest BCUT2D eigenvalue weighted by molar-refractivity contribution is 0.277. The van der Waals surface area contributed by atoms with Gasteiger partial charge >= 0.3 is 0 Å². The Hall–Kier alpha value is -3.39. The summed E-state index contributed by atoms with van der Waals surface area (Å²) in [5.74, 6) is 1.25. The highest BCUT2D eigenvalue weighted by atomic mass is 32.2. The van der Waals surface area contributed by atoms with E-state index in [0.717, 1.165) is 22.1 Å². The van der Waals surface area contributed by atoms with Crippen LogP contribution in [0, 0.1) is 0 Å². The van der Waals surface area contributed by atoms with Gasteiger partial charge in [-0.1, -0.05) is 30.3 Å². The number of aromatic nitrogens is 4. The average molecular weight is 388 g/mol. The standard InChI is InChI=1S/C20H16N6OS/c1-13(27-20-17-18(22-11-21-17)23-12-24-20)19-25-15-9-5-6-10-16(15)28-26(19)14-7-3-2-4-8-14/h2-13H,1H3,(H,21,22,23,24). The van der Waals surface area contributed by atoms with Gasteiger partial charge in [-0.15, -0.1) is 0 Å². The van der Waals surface area contributed by atoms with Crippen molar-refractivity contribution in [1.29, 1.82) is 0 Å². The summed E-state index contributed by atoms with van der Waals surface area (Å²) in [5, 5.41) is 0. The zero-order valence-electron chi connectivity index (χ0n) is 15.0. The van der Waals surface area contributed by atoms with Crippen molar-refractivity contribution in [1.82, 2.24) is 19.9 Å². The van der Waals surface area contributed by atoms with Crippen molar-refractivity contribution in [2.24, 2.45) is 4.99 Å². The number of nitrogens with one attached hydrogen (secondary N) is 1. The maximum atomic E-state index is 6.18. The molecule has 5 rings (SSSR count). The van der Waals surface area contributed by atoms with Gasteiger partial charge in [0.1, 0.15) is 11.8 Å². The van der Waals surface area contributed by atoms with E-state index in [2.05, 4.69) is 42.4 Å². The maximum absolute atomic E-state index is 6.18. The Bertz CT molecular complexity index is 1160. The van der Waals surface area contributed by atoms with Crippen LogP contribution in [0.4, 0.5) is 11.4 Å². The number of aromatic amines is 1. The summed E-state index contributed by atoms with van der Waals surface area (Å²) < 4.78 is 8.28. The van der Waals surface area contributed by atoms with Gasteiger partial charge in [0.2, 0.25) is 5.88 Å². The van der Waals surface area contributed by atoms with Crippen molar-refractivity contribution in [2.75, 3.05) is 4.31 Å². The van der Waals surface area contributed by atoms with E-state index >= 15 is 0 Å². The normalized spacial score (nSPS) is 14.5. The number of anilines is 1. The van der Waals surface area contributed by atoms with Gasteiger partial charge in [-0.2, -0.15) is 4.98 Å². The van der Waals surface area contributed by atoms with E-state index in [-0.39, 0.29) is 6.10 Å². The predicted molar refractivity (Wildman–Crippen MR) is 110 cm³/mol. The number of H-pyrrole nitrogens is 1. The Labute approximate surface area is 165 Å². The summed E-state index contributed by atoms with van der Waals surface area (Å²) in [6.45, 7) is 1.97. The molecule has 0 amide bonds. The molecule has 7 nitrogen and oxygen atoms in total. The number of imidazole rings is 1. The number of para-hydroxylation sites is 2. The molecule has 8 heteroatoms. The van der Waals surface area contributed by atoms with Gasteiger partial charge in [-0.05, 0) is 43.1 Å². The van der Waals surface area contributed by atoms with E-state index in [1.807, 2.05) is 43.3 Å². The van der Waals surface area contributed by atoms with E-state index < -0.39 is 0 Å². The molecule has 0 saturated heterocycles. The predicted octanol–water partition coefficient (Wildman–Crippen LogP) is 4.38. The fraction of sp³-hybridized carbons (Fsp3) is 0.100. The number of nitrogens with zero attached hydrogens (tertiary/aromatic N) is 5. The molecule has 28 heavy (non-hydrogen) atoms. The number of hydrogen-bond acceptors (Lipinski definition) is 7. The number of amidine groups is 1.